The first-order valence-corrected chi connectivity index (χ1v) is 6.47. The number of amides is 1. The molecule has 1 amide bonds. The van der Waals surface area contributed by atoms with Crippen LogP contribution in [0.25, 0.3) is 0 Å². The van der Waals surface area contributed by atoms with Crippen LogP contribution in [-0.4, -0.2) is 42.3 Å². The van der Waals surface area contributed by atoms with Gasteiger partial charge in [-0.05, 0) is 13.2 Å². The fraction of sp³-hybridized carbons (Fsp3) is 0.500. The summed E-state index contributed by atoms with van der Waals surface area (Å²) >= 11 is 1.42. The Hall–Kier alpha value is -1.50. The van der Waals surface area contributed by atoms with Gasteiger partial charge in [0.1, 0.15) is 11.6 Å². The molecule has 7 heteroatoms. The van der Waals surface area contributed by atoms with Gasteiger partial charge in [-0.25, -0.2) is 9.97 Å². The summed E-state index contributed by atoms with van der Waals surface area (Å²) in [6.07, 6.45) is 1.88. The summed E-state index contributed by atoms with van der Waals surface area (Å²) < 4.78 is 0. The van der Waals surface area contributed by atoms with E-state index in [1.165, 1.54) is 11.8 Å². The number of hydrogen-bond donors (Lipinski definition) is 2. The standard InChI is InChI=1S/C10H17N5OS/c1-4-15(6-9(16)12-2)8-5-7(11)13-10(14-8)17-3/h5H,4,6H2,1-3H3,(H,12,16)(H2,11,13,14). The number of aromatic nitrogens is 2. The van der Waals surface area contributed by atoms with Gasteiger partial charge in [0.25, 0.3) is 0 Å². The average Bonchev–Trinajstić information content (AvgIpc) is 2.34. The first kappa shape index (κ1) is 13.6. The molecular weight excluding hydrogens is 238 g/mol. The zero-order valence-corrected chi connectivity index (χ0v) is 11.0. The van der Waals surface area contributed by atoms with Gasteiger partial charge >= 0.3 is 0 Å². The van der Waals surface area contributed by atoms with E-state index in [1.807, 2.05) is 18.1 Å². The first-order valence-electron chi connectivity index (χ1n) is 5.24. The third-order valence-electron chi connectivity index (χ3n) is 2.21. The summed E-state index contributed by atoms with van der Waals surface area (Å²) in [6, 6.07) is 1.67. The molecule has 0 spiro atoms. The minimum atomic E-state index is -0.0604. The lowest BCUT2D eigenvalue weighted by Crippen LogP contribution is -2.36. The second-order valence-electron chi connectivity index (χ2n) is 3.33. The number of nitrogens with two attached hydrogens (primary N) is 1. The van der Waals surface area contributed by atoms with E-state index in [0.29, 0.717) is 23.3 Å². The van der Waals surface area contributed by atoms with Crippen molar-refractivity contribution in [2.24, 2.45) is 0 Å². The van der Waals surface area contributed by atoms with Crippen LogP contribution in [0, 0.1) is 0 Å². The number of carbonyl (C=O) groups excluding carboxylic acids is 1. The van der Waals surface area contributed by atoms with Crippen molar-refractivity contribution in [3.8, 4) is 0 Å². The minimum absolute atomic E-state index is 0.0604. The lowest BCUT2D eigenvalue weighted by atomic mass is 10.4. The molecule has 0 aliphatic rings. The van der Waals surface area contributed by atoms with Gasteiger partial charge in [-0.3, -0.25) is 4.79 Å². The van der Waals surface area contributed by atoms with Crippen molar-refractivity contribution in [1.29, 1.82) is 0 Å². The van der Waals surface area contributed by atoms with Crippen LogP contribution in [0.2, 0.25) is 0 Å². The molecule has 0 radical (unpaired) electrons. The van der Waals surface area contributed by atoms with Gasteiger partial charge in [-0.15, -0.1) is 0 Å². The van der Waals surface area contributed by atoms with Crippen molar-refractivity contribution in [3.63, 3.8) is 0 Å². The number of rotatable bonds is 5. The number of carbonyl (C=O) groups is 1. The summed E-state index contributed by atoms with van der Waals surface area (Å²) in [4.78, 5) is 21.6. The van der Waals surface area contributed by atoms with Crippen molar-refractivity contribution >= 4 is 29.3 Å². The number of likely N-dealkylation sites (N-methyl/N-ethyl adjacent to an activating group) is 2. The van der Waals surface area contributed by atoms with Crippen LogP contribution >= 0.6 is 11.8 Å². The van der Waals surface area contributed by atoms with E-state index in [2.05, 4.69) is 15.3 Å². The zero-order chi connectivity index (χ0) is 12.8. The van der Waals surface area contributed by atoms with E-state index in [-0.39, 0.29) is 12.5 Å². The second kappa shape index (κ2) is 6.29. The normalized spacial score (nSPS) is 10.1. The SMILES string of the molecule is CCN(CC(=O)NC)c1cc(N)nc(SC)n1. The Bertz CT molecular complexity index is 398. The van der Waals surface area contributed by atoms with Gasteiger partial charge in [0.15, 0.2) is 5.16 Å². The third kappa shape index (κ3) is 3.77. The van der Waals surface area contributed by atoms with Crippen LogP contribution < -0.4 is 16.0 Å². The van der Waals surface area contributed by atoms with E-state index >= 15 is 0 Å². The first-order chi connectivity index (χ1) is 8.10. The summed E-state index contributed by atoms with van der Waals surface area (Å²) in [5, 5.41) is 3.19. The quantitative estimate of drug-likeness (QED) is 0.583. The highest BCUT2D eigenvalue weighted by molar-refractivity contribution is 7.98. The topological polar surface area (TPSA) is 84.1 Å². The van der Waals surface area contributed by atoms with Crippen LogP contribution in [0.5, 0.6) is 0 Å². The Labute approximate surface area is 105 Å². The molecule has 1 aromatic heterocycles. The minimum Gasteiger partial charge on any atom is -0.383 e. The Morgan fingerprint density at radius 1 is 1.59 bits per heavy atom. The van der Waals surface area contributed by atoms with Crippen LogP contribution in [0.15, 0.2) is 11.2 Å². The van der Waals surface area contributed by atoms with E-state index in [9.17, 15) is 4.79 Å². The molecule has 1 heterocycles. The maximum absolute atomic E-state index is 11.4. The lowest BCUT2D eigenvalue weighted by molar-refractivity contribution is -0.119. The Kier molecular flexibility index (Phi) is 5.02. The largest absolute Gasteiger partial charge is 0.383 e. The van der Waals surface area contributed by atoms with Crippen molar-refractivity contribution in [2.45, 2.75) is 12.1 Å². The molecule has 17 heavy (non-hydrogen) atoms. The molecule has 0 aliphatic heterocycles. The molecule has 1 rings (SSSR count). The number of nitrogens with zero attached hydrogens (tertiary/aromatic N) is 3. The highest BCUT2D eigenvalue weighted by atomic mass is 32.2. The zero-order valence-electron chi connectivity index (χ0n) is 10.2. The second-order valence-corrected chi connectivity index (χ2v) is 4.10. The Balaban J connectivity index is 2.94. The van der Waals surface area contributed by atoms with Crippen LogP contribution in [0.3, 0.4) is 0 Å². The summed E-state index contributed by atoms with van der Waals surface area (Å²) in [5.74, 6) is 1.03. The number of hydrogen-bond acceptors (Lipinski definition) is 6. The number of nitrogen functional groups attached to an aromatic ring is 1. The maximum atomic E-state index is 11.4. The van der Waals surface area contributed by atoms with Gasteiger partial charge in [-0.1, -0.05) is 11.8 Å². The number of anilines is 2. The smallest absolute Gasteiger partial charge is 0.239 e. The van der Waals surface area contributed by atoms with Gasteiger partial charge in [-0.2, -0.15) is 0 Å². The predicted octanol–water partition coefficient (Wildman–Crippen LogP) is 0.353. The van der Waals surface area contributed by atoms with E-state index in [4.69, 9.17) is 5.73 Å². The van der Waals surface area contributed by atoms with Crippen molar-refractivity contribution in [3.05, 3.63) is 6.07 Å². The van der Waals surface area contributed by atoms with Crippen molar-refractivity contribution in [2.75, 3.05) is 37.0 Å². The predicted molar refractivity (Wildman–Crippen MR) is 70.2 cm³/mol. The molecule has 0 atom stereocenters. The van der Waals surface area contributed by atoms with Crippen molar-refractivity contribution < 1.29 is 4.79 Å². The fourth-order valence-corrected chi connectivity index (χ4v) is 1.67. The summed E-state index contributed by atoms with van der Waals surface area (Å²) in [6.45, 7) is 2.90. The molecule has 94 valence electrons. The van der Waals surface area contributed by atoms with E-state index in [1.54, 1.807) is 13.1 Å². The molecule has 0 bridgehead atoms. The van der Waals surface area contributed by atoms with Gasteiger partial charge in [0, 0.05) is 19.7 Å². The summed E-state index contributed by atoms with van der Waals surface area (Å²) in [7, 11) is 1.61. The highest BCUT2D eigenvalue weighted by Crippen LogP contribution is 2.18. The maximum Gasteiger partial charge on any atom is 0.239 e. The third-order valence-corrected chi connectivity index (χ3v) is 2.76. The molecule has 0 unspecified atom stereocenters. The molecule has 1 aromatic rings. The van der Waals surface area contributed by atoms with Crippen LogP contribution in [-0.2, 0) is 4.79 Å². The highest BCUT2D eigenvalue weighted by Gasteiger charge is 2.12. The Morgan fingerprint density at radius 3 is 2.82 bits per heavy atom. The van der Waals surface area contributed by atoms with Crippen LogP contribution in [0.4, 0.5) is 11.6 Å². The molecule has 6 nitrogen and oxygen atoms in total. The van der Waals surface area contributed by atoms with Gasteiger partial charge in [0.05, 0.1) is 6.54 Å². The number of nitrogens with one attached hydrogen (secondary N) is 1. The molecule has 3 N–H and O–H groups in total. The molecule has 0 saturated carbocycles. The summed E-state index contributed by atoms with van der Waals surface area (Å²) in [5.41, 5.74) is 5.70. The Morgan fingerprint density at radius 2 is 2.29 bits per heavy atom. The average molecular weight is 255 g/mol. The molecule has 0 fully saturated rings. The molecule has 0 aliphatic carbocycles. The van der Waals surface area contributed by atoms with Crippen LogP contribution in [0.1, 0.15) is 6.92 Å². The monoisotopic (exact) mass is 255 g/mol. The van der Waals surface area contributed by atoms with Gasteiger partial charge < -0.3 is 16.0 Å². The lowest BCUT2D eigenvalue weighted by Gasteiger charge is -2.21. The van der Waals surface area contributed by atoms with E-state index in [0.717, 1.165) is 0 Å². The number of thioether (sulfide) groups is 1. The fourth-order valence-electron chi connectivity index (χ4n) is 1.29. The van der Waals surface area contributed by atoms with E-state index < -0.39 is 0 Å². The van der Waals surface area contributed by atoms with Gasteiger partial charge in [0.2, 0.25) is 5.91 Å². The molecule has 0 saturated heterocycles. The van der Waals surface area contributed by atoms with Crippen molar-refractivity contribution in [1.82, 2.24) is 15.3 Å². The molecular formula is C10H17N5OS. The molecule has 0 aromatic carbocycles.